The Kier molecular flexibility index (Phi) is 4.37. The van der Waals surface area contributed by atoms with Crippen LogP contribution in [0.25, 0.3) is 0 Å². The molecule has 0 spiro atoms. The van der Waals surface area contributed by atoms with Gasteiger partial charge < -0.3 is 10.4 Å². The molecule has 2 fully saturated rings. The van der Waals surface area contributed by atoms with Crippen LogP contribution >= 0.6 is 11.6 Å². The van der Waals surface area contributed by atoms with E-state index < -0.39 is 17.4 Å². The van der Waals surface area contributed by atoms with Gasteiger partial charge >= 0.3 is 5.97 Å². The number of carboxylic acids is 1. The predicted molar refractivity (Wildman–Crippen MR) is 88.4 cm³/mol. The first-order valence-electron chi connectivity index (χ1n) is 8.21. The van der Waals surface area contributed by atoms with E-state index in [1.54, 1.807) is 0 Å². The van der Waals surface area contributed by atoms with Gasteiger partial charge in [0, 0.05) is 10.9 Å². The van der Waals surface area contributed by atoms with Gasteiger partial charge in [0.25, 0.3) is 0 Å². The van der Waals surface area contributed by atoms with Gasteiger partial charge in [-0.25, -0.2) is 0 Å². The molecule has 124 valence electrons. The first kappa shape index (κ1) is 16.3. The molecule has 2 N–H and O–H groups in total. The van der Waals surface area contributed by atoms with Gasteiger partial charge in [0.2, 0.25) is 5.91 Å². The number of carbonyl (C=O) groups is 2. The molecule has 0 heterocycles. The number of aliphatic carboxylic acids is 1. The van der Waals surface area contributed by atoms with Gasteiger partial charge in [-0.15, -0.1) is 0 Å². The Labute approximate surface area is 141 Å². The van der Waals surface area contributed by atoms with Crippen LogP contribution in [0.15, 0.2) is 24.3 Å². The molecule has 0 radical (unpaired) electrons. The van der Waals surface area contributed by atoms with Crippen molar-refractivity contribution in [3.8, 4) is 0 Å². The Morgan fingerprint density at radius 1 is 1.35 bits per heavy atom. The van der Waals surface area contributed by atoms with E-state index in [4.69, 9.17) is 11.6 Å². The van der Waals surface area contributed by atoms with Crippen molar-refractivity contribution in [1.82, 2.24) is 5.32 Å². The van der Waals surface area contributed by atoms with Crippen LogP contribution in [0, 0.1) is 11.8 Å². The van der Waals surface area contributed by atoms with Crippen molar-refractivity contribution in [2.75, 3.05) is 0 Å². The fourth-order valence-corrected chi connectivity index (χ4v) is 4.04. The standard InChI is InChI=1S/C18H22ClNO3/c1-18(8-3-2-7-15(18)17(22)23)20-16(21)14-10-13(14)11-5-4-6-12(19)9-11/h4-6,9,13-15H,2-3,7-8,10H2,1H3,(H,20,21)(H,22,23). The highest BCUT2D eigenvalue weighted by molar-refractivity contribution is 6.30. The van der Waals surface area contributed by atoms with Gasteiger partial charge in [-0.05, 0) is 49.8 Å². The maximum absolute atomic E-state index is 12.6. The molecule has 3 rings (SSSR count). The molecule has 0 aliphatic heterocycles. The fraction of sp³-hybridized carbons (Fsp3) is 0.556. The van der Waals surface area contributed by atoms with Crippen LogP contribution in [0.5, 0.6) is 0 Å². The number of carbonyl (C=O) groups excluding carboxylic acids is 1. The second-order valence-corrected chi connectivity index (χ2v) is 7.48. The summed E-state index contributed by atoms with van der Waals surface area (Å²) in [4.78, 5) is 24.1. The van der Waals surface area contributed by atoms with Crippen LogP contribution < -0.4 is 5.32 Å². The number of nitrogens with one attached hydrogen (secondary N) is 1. The highest BCUT2D eigenvalue weighted by atomic mass is 35.5. The Balaban J connectivity index is 1.66. The summed E-state index contributed by atoms with van der Waals surface area (Å²) in [7, 11) is 0. The molecule has 4 nitrogen and oxygen atoms in total. The number of rotatable bonds is 4. The molecule has 1 aromatic rings. The summed E-state index contributed by atoms with van der Waals surface area (Å²) >= 11 is 6.01. The molecule has 4 atom stereocenters. The van der Waals surface area contributed by atoms with Crippen molar-refractivity contribution in [3.05, 3.63) is 34.9 Å². The third-order valence-corrected chi connectivity index (χ3v) is 5.55. The van der Waals surface area contributed by atoms with E-state index in [0.29, 0.717) is 11.4 Å². The van der Waals surface area contributed by atoms with Gasteiger partial charge in [0.05, 0.1) is 11.5 Å². The maximum atomic E-state index is 12.6. The third kappa shape index (κ3) is 3.37. The smallest absolute Gasteiger partial charge is 0.308 e. The Morgan fingerprint density at radius 3 is 2.83 bits per heavy atom. The highest BCUT2D eigenvalue weighted by Gasteiger charge is 2.48. The summed E-state index contributed by atoms with van der Waals surface area (Å²) in [6.07, 6.45) is 4.04. The number of carboxylic acid groups (broad SMARTS) is 1. The quantitative estimate of drug-likeness (QED) is 0.883. The average Bonchev–Trinajstić information content (AvgIpc) is 3.27. The Hall–Kier alpha value is -1.55. The van der Waals surface area contributed by atoms with E-state index in [-0.39, 0.29) is 17.7 Å². The molecular formula is C18H22ClNO3. The van der Waals surface area contributed by atoms with Gasteiger partial charge in [-0.3, -0.25) is 9.59 Å². The third-order valence-electron chi connectivity index (χ3n) is 5.32. The summed E-state index contributed by atoms with van der Waals surface area (Å²) in [5.41, 5.74) is 0.448. The molecule has 2 aliphatic carbocycles. The minimum atomic E-state index is -0.810. The minimum absolute atomic E-state index is 0.0226. The van der Waals surface area contributed by atoms with Gasteiger partial charge in [0.15, 0.2) is 0 Å². The SMILES string of the molecule is CC1(NC(=O)C2CC2c2cccc(Cl)c2)CCCCC1C(=O)O. The molecule has 1 aromatic carbocycles. The summed E-state index contributed by atoms with van der Waals surface area (Å²) in [6.45, 7) is 1.87. The van der Waals surface area contributed by atoms with E-state index in [1.165, 1.54) is 0 Å². The summed E-state index contributed by atoms with van der Waals surface area (Å²) < 4.78 is 0. The zero-order chi connectivity index (χ0) is 16.6. The molecule has 0 aromatic heterocycles. The molecular weight excluding hydrogens is 314 g/mol. The number of halogens is 1. The summed E-state index contributed by atoms with van der Waals surface area (Å²) in [5.74, 6) is -1.20. The van der Waals surface area contributed by atoms with E-state index in [0.717, 1.165) is 31.2 Å². The minimum Gasteiger partial charge on any atom is -0.481 e. The largest absolute Gasteiger partial charge is 0.481 e. The first-order valence-corrected chi connectivity index (χ1v) is 8.59. The second kappa shape index (κ2) is 6.16. The average molecular weight is 336 g/mol. The number of amides is 1. The van der Waals surface area contributed by atoms with Crippen molar-refractivity contribution >= 4 is 23.5 Å². The van der Waals surface area contributed by atoms with Crippen molar-refractivity contribution in [1.29, 1.82) is 0 Å². The van der Waals surface area contributed by atoms with Crippen LogP contribution in [0.2, 0.25) is 5.02 Å². The van der Waals surface area contributed by atoms with Crippen molar-refractivity contribution in [2.24, 2.45) is 11.8 Å². The number of benzene rings is 1. The lowest BCUT2D eigenvalue weighted by Gasteiger charge is -2.40. The fourth-order valence-electron chi connectivity index (χ4n) is 3.84. The highest BCUT2D eigenvalue weighted by Crippen LogP contribution is 2.48. The van der Waals surface area contributed by atoms with Crippen molar-refractivity contribution < 1.29 is 14.7 Å². The van der Waals surface area contributed by atoms with Crippen LogP contribution in [0.3, 0.4) is 0 Å². The molecule has 23 heavy (non-hydrogen) atoms. The molecule has 1 amide bonds. The summed E-state index contributed by atoms with van der Waals surface area (Å²) in [6, 6.07) is 7.62. The number of hydrogen-bond donors (Lipinski definition) is 2. The van der Waals surface area contributed by atoms with E-state index in [1.807, 2.05) is 31.2 Å². The van der Waals surface area contributed by atoms with E-state index >= 15 is 0 Å². The predicted octanol–water partition coefficient (Wildman–Crippen LogP) is 3.59. The molecule has 4 unspecified atom stereocenters. The Morgan fingerprint density at radius 2 is 2.13 bits per heavy atom. The van der Waals surface area contributed by atoms with E-state index in [2.05, 4.69) is 5.32 Å². The van der Waals surface area contributed by atoms with Gasteiger partial charge in [-0.2, -0.15) is 0 Å². The van der Waals surface area contributed by atoms with Crippen molar-refractivity contribution in [3.63, 3.8) is 0 Å². The van der Waals surface area contributed by atoms with Crippen molar-refractivity contribution in [2.45, 2.75) is 50.5 Å². The molecule has 2 saturated carbocycles. The number of hydrogen-bond acceptors (Lipinski definition) is 2. The molecule has 5 heteroatoms. The lowest BCUT2D eigenvalue weighted by atomic mass is 9.73. The van der Waals surface area contributed by atoms with Crippen LogP contribution in [0.1, 0.15) is 50.5 Å². The van der Waals surface area contributed by atoms with Crippen LogP contribution in [-0.2, 0) is 9.59 Å². The normalized spacial score (nSPS) is 33.0. The lowest BCUT2D eigenvalue weighted by molar-refractivity contribution is -0.146. The molecule has 0 saturated heterocycles. The summed E-state index contributed by atoms with van der Waals surface area (Å²) in [5, 5.41) is 13.2. The lowest BCUT2D eigenvalue weighted by Crippen LogP contribution is -2.55. The van der Waals surface area contributed by atoms with Crippen LogP contribution in [0.4, 0.5) is 0 Å². The maximum Gasteiger partial charge on any atom is 0.308 e. The van der Waals surface area contributed by atoms with Gasteiger partial charge in [-0.1, -0.05) is 36.6 Å². The van der Waals surface area contributed by atoms with Crippen LogP contribution in [-0.4, -0.2) is 22.5 Å². The first-order chi connectivity index (χ1) is 10.9. The zero-order valence-corrected chi connectivity index (χ0v) is 14.0. The van der Waals surface area contributed by atoms with Gasteiger partial charge in [0.1, 0.15) is 0 Å². The Bertz CT molecular complexity index is 632. The van der Waals surface area contributed by atoms with E-state index in [9.17, 15) is 14.7 Å². The monoisotopic (exact) mass is 335 g/mol. The zero-order valence-electron chi connectivity index (χ0n) is 13.2. The molecule has 2 aliphatic rings. The second-order valence-electron chi connectivity index (χ2n) is 7.05. The molecule has 0 bridgehead atoms. The topological polar surface area (TPSA) is 66.4 Å².